The fourth-order valence-corrected chi connectivity index (χ4v) is 1.15. The molecule has 0 spiro atoms. The normalized spacial score (nSPS) is 9.00. The summed E-state index contributed by atoms with van der Waals surface area (Å²) in [7, 11) is 1.97. The number of hydrogen-bond donors (Lipinski definition) is 0. The zero-order valence-corrected chi connectivity index (χ0v) is 9.61. The molecule has 17 heavy (non-hydrogen) atoms. The fraction of sp³-hybridized carbons (Fsp3) is 0.0769. The van der Waals surface area contributed by atoms with Crippen molar-refractivity contribution in [2.75, 3.05) is 0 Å². The summed E-state index contributed by atoms with van der Waals surface area (Å²) in [5, 5.41) is 10.1. The van der Waals surface area contributed by atoms with Crippen molar-refractivity contribution in [1.29, 1.82) is 0 Å². The van der Waals surface area contributed by atoms with Crippen molar-refractivity contribution in [3.8, 4) is 0 Å². The van der Waals surface area contributed by atoms with Crippen molar-refractivity contribution >= 4 is 12.2 Å². The summed E-state index contributed by atoms with van der Waals surface area (Å²) in [5.41, 5.74) is 0.220. The second-order valence-corrected chi connectivity index (χ2v) is 3.36. The Morgan fingerprint density at radius 2 is 2.06 bits per heavy atom. The fourth-order valence-electron chi connectivity index (χ4n) is 1.15. The van der Waals surface area contributed by atoms with Gasteiger partial charge < -0.3 is 9.90 Å². The largest absolute Gasteiger partial charge is 0.545 e. The van der Waals surface area contributed by atoms with Crippen LogP contribution in [0.1, 0.15) is 10.4 Å². The first-order valence-corrected chi connectivity index (χ1v) is 5.05. The van der Waals surface area contributed by atoms with Gasteiger partial charge in [0, 0.05) is 0 Å². The van der Waals surface area contributed by atoms with E-state index in [1.54, 1.807) is 24.4 Å². The monoisotopic (exact) mass is 230 g/mol. The van der Waals surface area contributed by atoms with Gasteiger partial charge in [-0.15, -0.1) is 0 Å². The highest BCUT2D eigenvalue weighted by Crippen LogP contribution is 1.94. The Morgan fingerprint density at radius 3 is 2.35 bits per heavy atom. The van der Waals surface area contributed by atoms with Gasteiger partial charge in [0.25, 0.3) is 0 Å². The summed E-state index contributed by atoms with van der Waals surface area (Å²) in [5.74, 6) is -1.13. The van der Waals surface area contributed by atoms with Gasteiger partial charge in [0.05, 0.1) is 19.2 Å². The van der Waals surface area contributed by atoms with E-state index in [-0.39, 0.29) is 5.56 Å². The predicted octanol–water partition coefficient (Wildman–Crippen LogP) is 0.463. The number of imidazole rings is 1. The van der Waals surface area contributed by atoms with Crippen molar-refractivity contribution in [3.63, 3.8) is 0 Å². The molecule has 1 heterocycles. The van der Waals surface area contributed by atoms with Crippen LogP contribution in [0.25, 0.3) is 6.20 Å². The van der Waals surface area contributed by atoms with Crippen molar-refractivity contribution in [2.24, 2.45) is 7.05 Å². The van der Waals surface area contributed by atoms with Gasteiger partial charge in [0.2, 0.25) is 6.33 Å². The number of hydrogen-bond acceptors (Lipinski definition) is 2. The Labute approximate surface area is 100 Å². The van der Waals surface area contributed by atoms with E-state index >= 15 is 0 Å². The number of carbonyl (C=O) groups is 1. The molecule has 0 aliphatic heterocycles. The van der Waals surface area contributed by atoms with Crippen LogP contribution in [0.5, 0.6) is 0 Å². The Morgan fingerprint density at radius 1 is 1.41 bits per heavy atom. The van der Waals surface area contributed by atoms with E-state index in [0.29, 0.717) is 0 Å². The van der Waals surface area contributed by atoms with E-state index in [0.717, 1.165) is 0 Å². The first kappa shape index (κ1) is 12.7. The molecule has 0 atom stereocenters. The Balaban J connectivity index is 0.000000171. The summed E-state index contributed by atoms with van der Waals surface area (Å²) in [6.07, 6.45) is 7.58. The standard InChI is InChI=1S/C7H6O2.C6H9N2/c8-7(9)6-4-2-1-3-5-6;1-3-8-5-4-7(2)6-8/h1-5H,(H,8,9);3-6H,1H2,2H3/q;+1/p-1. The van der Waals surface area contributed by atoms with Crippen molar-refractivity contribution in [1.82, 2.24) is 4.57 Å². The number of aromatic nitrogens is 2. The molecular formula is C13H14N2O2. The second kappa shape index (κ2) is 6.27. The van der Waals surface area contributed by atoms with Crippen LogP contribution in [0.4, 0.5) is 0 Å². The zero-order valence-electron chi connectivity index (χ0n) is 9.61. The highest BCUT2D eigenvalue weighted by atomic mass is 16.4. The van der Waals surface area contributed by atoms with E-state index in [9.17, 15) is 9.90 Å². The summed E-state index contributed by atoms with van der Waals surface area (Å²) >= 11 is 0. The van der Waals surface area contributed by atoms with Gasteiger partial charge in [-0.25, -0.2) is 9.13 Å². The molecule has 4 nitrogen and oxygen atoms in total. The van der Waals surface area contributed by atoms with Crippen LogP contribution >= 0.6 is 0 Å². The number of aromatic carboxylic acids is 1. The molecule has 2 rings (SSSR count). The lowest BCUT2D eigenvalue weighted by molar-refractivity contribution is -0.567. The molecule has 4 heteroatoms. The summed E-state index contributed by atoms with van der Waals surface area (Å²) in [6, 6.07) is 8.06. The molecule has 2 aromatic rings. The van der Waals surface area contributed by atoms with E-state index in [1.807, 2.05) is 34.9 Å². The lowest BCUT2D eigenvalue weighted by Gasteiger charge is -1.97. The van der Waals surface area contributed by atoms with Gasteiger partial charge in [-0.2, -0.15) is 0 Å². The number of aryl methyl sites for hydroxylation is 1. The third-order valence-corrected chi connectivity index (χ3v) is 2.01. The molecule has 0 amide bonds. The van der Waals surface area contributed by atoms with Crippen molar-refractivity contribution < 1.29 is 14.5 Å². The maximum Gasteiger partial charge on any atom is 0.248 e. The van der Waals surface area contributed by atoms with Gasteiger partial charge in [-0.3, -0.25) is 0 Å². The number of benzene rings is 1. The molecule has 0 unspecified atom stereocenters. The highest BCUT2D eigenvalue weighted by molar-refractivity contribution is 5.85. The van der Waals surface area contributed by atoms with Crippen LogP contribution in [0.15, 0.2) is 55.6 Å². The van der Waals surface area contributed by atoms with Gasteiger partial charge in [0.15, 0.2) is 0 Å². The van der Waals surface area contributed by atoms with Gasteiger partial charge >= 0.3 is 0 Å². The summed E-state index contributed by atoms with van der Waals surface area (Å²) < 4.78 is 3.85. The quantitative estimate of drug-likeness (QED) is 0.704. The van der Waals surface area contributed by atoms with E-state index in [4.69, 9.17) is 0 Å². The van der Waals surface area contributed by atoms with Gasteiger partial charge in [-0.05, 0) is 5.56 Å². The van der Waals surface area contributed by atoms with Crippen LogP contribution in [0, 0.1) is 0 Å². The highest BCUT2D eigenvalue weighted by Gasteiger charge is 1.90. The van der Waals surface area contributed by atoms with Crippen LogP contribution in [0.2, 0.25) is 0 Å². The third-order valence-electron chi connectivity index (χ3n) is 2.01. The van der Waals surface area contributed by atoms with Crippen molar-refractivity contribution in [2.45, 2.75) is 0 Å². The molecule has 0 aliphatic carbocycles. The second-order valence-electron chi connectivity index (χ2n) is 3.36. The van der Waals surface area contributed by atoms with Gasteiger partial charge in [0.1, 0.15) is 12.4 Å². The topological polar surface area (TPSA) is 48.9 Å². The van der Waals surface area contributed by atoms with E-state index in [1.165, 1.54) is 12.1 Å². The third kappa shape index (κ3) is 4.34. The van der Waals surface area contributed by atoms with Crippen LogP contribution in [-0.4, -0.2) is 10.5 Å². The zero-order chi connectivity index (χ0) is 12.7. The van der Waals surface area contributed by atoms with E-state index in [2.05, 4.69) is 6.58 Å². The van der Waals surface area contributed by atoms with Crippen LogP contribution < -0.4 is 9.67 Å². The average molecular weight is 230 g/mol. The lowest BCUT2D eigenvalue weighted by Crippen LogP contribution is -2.21. The summed E-state index contributed by atoms with van der Waals surface area (Å²) in [6.45, 7) is 3.59. The maximum atomic E-state index is 10.1. The average Bonchev–Trinajstić information content (AvgIpc) is 2.77. The number of rotatable bonds is 2. The minimum absolute atomic E-state index is 0.220. The number of carboxylic acids is 1. The SMILES string of the molecule is C=C[n+]1ccn(C)c1.O=C([O-])c1ccccc1. The number of carbonyl (C=O) groups excluding carboxylic acids is 1. The minimum atomic E-state index is -1.13. The minimum Gasteiger partial charge on any atom is -0.545 e. The smallest absolute Gasteiger partial charge is 0.248 e. The Kier molecular flexibility index (Phi) is 4.69. The molecule has 0 saturated carbocycles. The predicted molar refractivity (Wildman–Crippen MR) is 62.8 cm³/mol. The van der Waals surface area contributed by atoms with Gasteiger partial charge in [-0.1, -0.05) is 36.9 Å². The molecule has 0 N–H and O–H groups in total. The maximum absolute atomic E-state index is 10.1. The number of nitrogens with zero attached hydrogens (tertiary/aromatic N) is 2. The Bertz CT molecular complexity index is 489. The van der Waals surface area contributed by atoms with Crippen LogP contribution in [-0.2, 0) is 7.05 Å². The Hall–Kier alpha value is -2.36. The molecule has 0 fully saturated rings. The summed E-state index contributed by atoms with van der Waals surface area (Å²) in [4.78, 5) is 10.1. The molecule has 0 bridgehead atoms. The molecule has 1 aromatic carbocycles. The molecule has 0 aliphatic rings. The lowest BCUT2D eigenvalue weighted by atomic mass is 10.2. The number of carboxylic acid groups (broad SMARTS) is 1. The molecule has 88 valence electrons. The van der Waals surface area contributed by atoms with Crippen molar-refractivity contribution in [3.05, 3.63) is 61.2 Å². The first-order valence-electron chi connectivity index (χ1n) is 5.05. The molecule has 0 saturated heterocycles. The van der Waals surface area contributed by atoms with E-state index < -0.39 is 5.97 Å². The first-order chi connectivity index (χ1) is 8.13. The molecular weight excluding hydrogens is 216 g/mol. The molecule has 0 radical (unpaired) electrons. The molecule has 1 aromatic heterocycles. The van der Waals surface area contributed by atoms with Crippen LogP contribution in [0.3, 0.4) is 0 Å².